The predicted molar refractivity (Wildman–Crippen MR) is 116 cm³/mol. The van der Waals surface area contributed by atoms with Crippen LogP contribution in [0.25, 0.3) is 0 Å². The third kappa shape index (κ3) is 3.83. The molecule has 0 saturated carbocycles. The molecule has 7 unspecified atom stereocenters. The maximum atomic E-state index is 13.6. The fourth-order valence-electron chi connectivity index (χ4n) is 4.93. The van der Waals surface area contributed by atoms with Crippen LogP contribution in [0.1, 0.15) is 86.1 Å². The number of ether oxygens (including phenoxy) is 2. The van der Waals surface area contributed by atoms with Crippen LogP contribution < -0.4 is 0 Å². The molecule has 2 heterocycles. The summed E-state index contributed by atoms with van der Waals surface area (Å²) >= 11 is 0. The first kappa shape index (κ1) is 24.6. The summed E-state index contributed by atoms with van der Waals surface area (Å²) in [6.07, 6.45) is -1.84. The molecule has 8 heteroatoms. The van der Waals surface area contributed by atoms with Crippen molar-refractivity contribution in [1.29, 1.82) is 0 Å². The largest absolute Gasteiger partial charge is 0.507 e. The molecule has 2 aliphatic heterocycles. The third-order valence-electron chi connectivity index (χ3n) is 7.12. The van der Waals surface area contributed by atoms with Crippen molar-refractivity contribution in [1.82, 2.24) is 0 Å². The lowest BCUT2D eigenvalue weighted by atomic mass is 9.77. The SMILES string of the molecule is CCC(C)c1cc(C(=O)C(C(C)C)C2CC(O)C3(OC3CC)C(O)O2)c(O)c(C=O)c1O. The van der Waals surface area contributed by atoms with Gasteiger partial charge in [-0.05, 0) is 36.3 Å². The van der Waals surface area contributed by atoms with Gasteiger partial charge in [0.15, 0.2) is 24.0 Å². The summed E-state index contributed by atoms with van der Waals surface area (Å²) in [4.78, 5) is 25.2. The minimum absolute atomic E-state index is 0.0825. The highest BCUT2D eigenvalue weighted by molar-refractivity contribution is 6.04. The maximum Gasteiger partial charge on any atom is 0.189 e. The number of epoxide rings is 1. The van der Waals surface area contributed by atoms with Crippen LogP contribution in [0.4, 0.5) is 0 Å². The molecule has 0 radical (unpaired) electrons. The second kappa shape index (κ2) is 9.09. The van der Waals surface area contributed by atoms with E-state index in [0.717, 1.165) is 0 Å². The molecule has 1 aromatic carbocycles. The highest BCUT2D eigenvalue weighted by Crippen LogP contribution is 2.51. The standard InChI is InChI=1S/C24H34O8/c1-6-12(5)13-8-14(21(28)15(10-25)20(13)27)22(29)19(11(3)4)16-9-17(26)24(23(30)31-16)18(7-2)32-24/h8,10-12,16-19,23,26-28,30H,6-7,9H2,1-5H3. The number of phenols is 2. The van der Waals surface area contributed by atoms with Gasteiger partial charge >= 0.3 is 0 Å². The summed E-state index contributed by atoms with van der Waals surface area (Å²) in [5.74, 6) is -2.61. The molecule has 0 amide bonds. The van der Waals surface area contributed by atoms with E-state index >= 15 is 0 Å². The van der Waals surface area contributed by atoms with Crippen LogP contribution in [0.3, 0.4) is 0 Å². The average molecular weight is 451 g/mol. The summed E-state index contributed by atoms with van der Waals surface area (Å²) in [5, 5.41) is 42.4. The number of aliphatic hydroxyl groups is 2. The van der Waals surface area contributed by atoms with Gasteiger partial charge in [0, 0.05) is 6.42 Å². The van der Waals surface area contributed by atoms with Crippen LogP contribution in [-0.4, -0.2) is 62.7 Å². The van der Waals surface area contributed by atoms with Gasteiger partial charge in [-0.3, -0.25) is 9.59 Å². The number of hydrogen-bond acceptors (Lipinski definition) is 8. The normalized spacial score (nSPS) is 31.5. The Labute approximate surface area is 188 Å². The Morgan fingerprint density at radius 2 is 1.88 bits per heavy atom. The van der Waals surface area contributed by atoms with E-state index in [1.54, 1.807) is 0 Å². The average Bonchev–Trinajstić information content (AvgIpc) is 3.48. The minimum Gasteiger partial charge on any atom is -0.507 e. The molecule has 2 aliphatic rings. The second-order valence-electron chi connectivity index (χ2n) is 9.33. The smallest absolute Gasteiger partial charge is 0.189 e. The molecule has 1 spiro atoms. The molecule has 0 aromatic heterocycles. The number of rotatable bonds is 8. The lowest BCUT2D eigenvalue weighted by Gasteiger charge is -2.40. The first-order valence-corrected chi connectivity index (χ1v) is 11.3. The molecule has 0 bridgehead atoms. The Morgan fingerprint density at radius 3 is 2.34 bits per heavy atom. The number of ketones is 1. The molecular formula is C24H34O8. The number of aromatic hydroxyl groups is 2. The molecule has 32 heavy (non-hydrogen) atoms. The molecule has 4 N–H and O–H groups in total. The fourth-order valence-corrected chi connectivity index (χ4v) is 4.93. The van der Waals surface area contributed by atoms with Crippen molar-refractivity contribution in [3.63, 3.8) is 0 Å². The van der Waals surface area contributed by atoms with Crippen molar-refractivity contribution in [3.8, 4) is 11.5 Å². The quantitative estimate of drug-likeness (QED) is 0.270. The van der Waals surface area contributed by atoms with Gasteiger partial charge in [0.05, 0.1) is 35.4 Å². The van der Waals surface area contributed by atoms with E-state index in [2.05, 4.69) is 0 Å². The van der Waals surface area contributed by atoms with E-state index in [4.69, 9.17) is 9.47 Å². The number of carbonyl (C=O) groups is 2. The first-order valence-electron chi connectivity index (χ1n) is 11.3. The van der Waals surface area contributed by atoms with Crippen molar-refractivity contribution < 1.29 is 39.5 Å². The van der Waals surface area contributed by atoms with E-state index in [-0.39, 0.29) is 41.2 Å². The Bertz CT molecular complexity index is 867. The topological polar surface area (TPSA) is 137 Å². The summed E-state index contributed by atoms with van der Waals surface area (Å²) in [6, 6.07) is 1.43. The van der Waals surface area contributed by atoms with Gasteiger partial charge < -0.3 is 29.9 Å². The number of aldehydes is 1. The molecule has 3 rings (SSSR count). The Balaban J connectivity index is 1.98. The van der Waals surface area contributed by atoms with Crippen molar-refractivity contribution in [2.24, 2.45) is 11.8 Å². The summed E-state index contributed by atoms with van der Waals surface area (Å²) in [5.41, 5.74) is -1.17. The molecule has 7 atom stereocenters. The predicted octanol–water partition coefficient (Wildman–Crippen LogP) is 2.89. The van der Waals surface area contributed by atoms with Crippen molar-refractivity contribution in [2.75, 3.05) is 0 Å². The zero-order valence-corrected chi connectivity index (χ0v) is 19.2. The van der Waals surface area contributed by atoms with Gasteiger partial charge in [0.1, 0.15) is 11.5 Å². The lowest BCUT2D eigenvalue weighted by molar-refractivity contribution is -0.240. The van der Waals surface area contributed by atoms with E-state index in [1.165, 1.54) is 6.07 Å². The molecule has 178 valence electrons. The zero-order valence-electron chi connectivity index (χ0n) is 19.2. The van der Waals surface area contributed by atoms with Gasteiger partial charge in [-0.1, -0.05) is 34.6 Å². The van der Waals surface area contributed by atoms with Crippen LogP contribution in [0.15, 0.2) is 6.07 Å². The zero-order chi connectivity index (χ0) is 24.0. The minimum atomic E-state index is -1.38. The van der Waals surface area contributed by atoms with Gasteiger partial charge in [0.2, 0.25) is 0 Å². The van der Waals surface area contributed by atoms with Crippen molar-refractivity contribution >= 4 is 12.1 Å². The van der Waals surface area contributed by atoms with Gasteiger partial charge in [-0.2, -0.15) is 0 Å². The first-order chi connectivity index (χ1) is 15.0. The van der Waals surface area contributed by atoms with Crippen LogP contribution in [0.5, 0.6) is 11.5 Å². The highest BCUT2D eigenvalue weighted by Gasteiger charge is 2.68. The van der Waals surface area contributed by atoms with E-state index in [0.29, 0.717) is 24.7 Å². The summed E-state index contributed by atoms with van der Waals surface area (Å²) in [6.45, 7) is 9.27. The van der Waals surface area contributed by atoms with Crippen LogP contribution in [0.2, 0.25) is 0 Å². The van der Waals surface area contributed by atoms with Crippen molar-refractivity contribution in [3.05, 3.63) is 22.8 Å². The number of hydrogen-bond donors (Lipinski definition) is 4. The lowest BCUT2D eigenvalue weighted by Crippen LogP contribution is -2.55. The van der Waals surface area contributed by atoms with E-state index < -0.39 is 41.5 Å². The van der Waals surface area contributed by atoms with Gasteiger partial charge in [-0.25, -0.2) is 0 Å². The molecule has 2 fully saturated rings. The Kier molecular flexibility index (Phi) is 7.00. The highest BCUT2D eigenvalue weighted by atomic mass is 16.7. The molecule has 2 saturated heterocycles. The molecule has 1 aromatic rings. The molecular weight excluding hydrogens is 416 g/mol. The number of Topliss-reactive ketones (excluding diaryl/α,β-unsaturated/α-hetero) is 1. The van der Waals surface area contributed by atoms with Crippen LogP contribution >= 0.6 is 0 Å². The summed E-state index contributed by atoms with van der Waals surface area (Å²) in [7, 11) is 0. The number of aliphatic hydroxyl groups excluding tert-OH is 2. The number of benzene rings is 1. The van der Waals surface area contributed by atoms with Crippen LogP contribution in [0, 0.1) is 11.8 Å². The van der Waals surface area contributed by atoms with Crippen molar-refractivity contribution in [2.45, 2.75) is 90.0 Å². The molecule has 0 aliphatic carbocycles. The van der Waals surface area contributed by atoms with Gasteiger partial charge in [-0.15, -0.1) is 0 Å². The van der Waals surface area contributed by atoms with Crippen LogP contribution in [-0.2, 0) is 9.47 Å². The number of carbonyl (C=O) groups excluding carboxylic acids is 2. The maximum absolute atomic E-state index is 13.6. The fraction of sp³-hybridized carbons (Fsp3) is 0.667. The second-order valence-corrected chi connectivity index (χ2v) is 9.33. The third-order valence-corrected chi connectivity index (χ3v) is 7.12. The Morgan fingerprint density at radius 1 is 1.22 bits per heavy atom. The van der Waals surface area contributed by atoms with E-state index in [1.807, 2.05) is 34.6 Å². The van der Waals surface area contributed by atoms with Gasteiger partial charge in [0.25, 0.3) is 0 Å². The molecule has 8 nitrogen and oxygen atoms in total. The monoisotopic (exact) mass is 450 g/mol. The Hall–Kier alpha value is -2.00. The summed E-state index contributed by atoms with van der Waals surface area (Å²) < 4.78 is 11.4. The van der Waals surface area contributed by atoms with E-state index in [9.17, 15) is 30.0 Å². The number of phenolic OH excluding ortho intramolecular Hbond substituents is 2.